The van der Waals surface area contributed by atoms with Gasteiger partial charge in [-0.3, -0.25) is 0 Å². The van der Waals surface area contributed by atoms with Crippen molar-refractivity contribution in [3.05, 3.63) is 152 Å². The van der Waals surface area contributed by atoms with E-state index in [2.05, 4.69) is 215 Å². The molecule has 4 aromatic carbocycles. The number of nitrogens with zero attached hydrogens (tertiary/aromatic N) is 2. The van der Waals surface area contributed by atoms with Crippen LogP contribution in [0.25, 0.3) is 65.8 Å². The summed E-state index contributed by atoms with van der Waals surface area (Å²) in [5.41, 5.74) is 14.3. The van der Waals surface area contributed by atoms with Crippen LogP contribution in [0.1, 0.15) is 52.7 Å². The molecule has 0 spiro atoms. The normalized spacial score (nSPS) is 12.2. The number of rotatable bonds is 6. The first-order chi connectivity index (χ1) is 24.9. The molecule has 0 aliphatic rings. The summed E-state index contributed by atoms with van der Waals surface area (Å²) < 4.78 is 7.06. The van der Waals surface area contributed by atoms with Crippen LogP contribution < -0.4 is 0 Å². The molecule has 0 atom stereocenters. The Morgan fingerprint density at radius 3 is 1.17 bits per heavy atom. The number of aromatic nitrogens is 2. The van der Waals surface area contributed by atoms with Crippen molar-refractivity contribution in [3.63, 3.8) is 0 Å². The number of hydrogen-bond donors (Lipinski definition) is 0. The van der Waals surface area contributed by atoms with Gasteiger partial charge in [-0.15, -0.1) is 22.7 Å². The highest BCUT2D eigenvalue weighted by molar-refractivity contribution is 9.11. The summed E-state index contributed by atoms with van der Waals surface area (Å²) in [4.78, 5) is 2.49. The van der Waals surface area contributed by atoms with Crippen LogP contribution in [0.4, 0.5) is 0 Å². The molecule has 0 bridgehead atoms. The number of thiophene rings is 2. The van der Waals surface area contributed by atoms with Crippen LogP contribution in [0.2, 0.25) is 0 Å². The van der Waals surface area contributed by atoms with Gasteiger partial charge in [-0.1, -0.05) is 134 Å². The SMILES string of the molecule is CC(C)(C)c1ccc(-n2c(-c3c(Br)cccc3-c3cccs3)cc3c2cc(-c2c(Br)cccc2-c2cccs2)n3-c2ccc(C(C)(C)C)cc2)cc1. The smallest absolute Gasteiger partial charge is 0.0724 e. The molecule has 4 aromatic heterocycles. The number of hydrogen-bond acceptors (Lipinski definition) is 2. The van der Waals surface area contributed by atoms with Gasteiger partial charge in [-0.05, 0) is 93.4 Å². The molecule has 52 heavy (non-hydrogen) atoms. The van der Waals surface area contributed by atoms with Gasteiger partial charge in [0.1, 0.15) is 0 Å². The zero-order chi connectivity index (χ0) is 36.4. The molecule has 4 heterocycles. The molecular weight excluding hydrogens is 804 g/mol. The van der Waals surface area contributed by atoms with Gasteiger partial charge < -0.3 is 9.13 Å². The standard InChI is InChI=1S/C46H40Br2N2S2/c1-45(2,3)29-17-21-31(22-18-29)49-37-27-40(44-34(12-8-14-36(44)48)42-16-10-26-52-42)50(32-23-19-30(20-24-32)46(4,5)6)38(37)28-39(49)43-33(11-7-13-35(43)47)41-15-9-25-51-41/h7-28H,1-6H3. The quantitative estimate of drug-likeness (QED) is 0.158. The van der Waals surface area contributed by atoms with Crippen molar-refractivity contribution in [2.45, 2.75) is 52.4 Å². The van der Waals surface area contributed by atoms with Gasteiger partial charge in [0.05, 0.1) is 22.4 Å². The van der Waals surface area contributed by atoms with Gasteiger partial charge in [-0.2, -0.15) is 0 Å². The van der Waals surface area contributed by atoms with E-state index in [1.165, 1.54) is 43.1 Å². The second kappa shape index (κ2) is 13.5. The summed E-state index contributed by atoms with van der Waals surface area (Å²) in [5.74, 6) is 0. The van der Waals surface area contributed by atoms with Gasteiger partial charge >= 0.3 is 0 Å². The van der Waals surface area contributed by atoms with Gasteiger partial charge in [0.2, 0.25) is 0 Å². The Morgan fingerprint density at radius 1 is 0.462 bits per heavy atom. The maximum Gasteiger partial charge on any atom is 0.0724 e. The van der Waals surface area contributed by atoms with Crippen molar-refractivity contribution in [2.24, 2.45) is 0 Å². The van der Waals surface area contributed by atoms with Crippen LogP contribution in [-0.2, 0) is 10.8 Å². The first-order valence-corrected chi connectivity index (χ1v) is 20.9. The van der Waals surface area contributed by atoms with Crippen molar-refractivity contribution in [3.8, 4) is 54.8 Å². The summed E-state index contributed by atoms with van der Waals surface area (Å²) in [6.45, 7) is 13.6. The lowest BCUT2D eigenvalue weighted by Gasteiger charge is -2.20. The van der Waals surface area contributed by atoms with E-state index < -0.39 is 0 Å². The van der Waals surface area contributed by atoms with Crippen molar-refractivity contribution >= 4 is 65.6 Å². The number of fused-ring (bicyclic) bond motifs is 1. The van der Waals surface area contributed by atoms with Crippen molar-refractivity contribution < 1.29 is 0 Å². The van der Waals surface area contributed by atoms with Crippen molar-refractivity contribution in [1.29, 1.82) is 0 Å². The van der Waals surface area contributed by atoms with E-state index in [1.54, 1.807) is 22.7 Å². The highest BCUT2D eigenvalue weighted by atomic mass is 79.9. The second-order valence-electron chi connectivity index (χ2n) is 15.4. The Kier molecular flexibility index (Phi) is 9.10. The lowest BCUT2D eigenvalue weighted by Crippen LogP contribution is -2.11. The van der Waals surface area contributed by atoms with Gasteiger partial charge in [0.25, 0.3) is 0 Å². The van der Waals surface area contributed by atoms with Crippen LogP contribution in [0.3, 0.4) is 0 Å². The van der Waals surface area contributed by atoms with Crippen LogP contribution >= 0.6 is 54.5 Å². The monoisotopic (exact) mass is 842 g/mol. The van der Waals surface area contributed by atoms with Crippen LogP contribution in [0.15, 0.2) is 141 Å². The highest BCUT2D eigenvalue weighted by Crippen LogP contribution is 2.47. The third-order valence-electron chi connectivity index (χ3n) is 9.87. The van der Waals surface area contributed by atoms with E-state index in [0.29, 0.717) is 0 Å². The molecule has 6 heteroatoms. The Morgan fingerprint density at radius 2 is 0.846 bits per heavy atom. The molecule has 0 radical (unpaired) electrons. The summed E-state index contributed by atoms with van der Waals surface area (Å²) in [5, 5.41) is 4.32. The fourth-order valence-electron chi connectivity index (χ4n) is 7.14. The molecule has 260 valence electrons. The summed E-state index contributed by atoms with van der Waals surface area (Å²) in [7, 11) is 0. The Bertz CT molecular complexity index is 2340. The average Bonchev–Trinajstić information content (AvgIpc) is 3.93. The molecule has 0 fully saturated rings. The van der Waals surface area contributed by atoms with Gasteiger partial charge in [-0.25, -0.2) is 0 Å². The fraction of sp³-hybridized carbons (Fsp3) is 0.174. The first-order valence-electron chi connectivity index (χ1n) is 17.5. The predicted octanol–water partition coefficient (Wildman–Crippen LogP) is 15.3. The minimum Gasteiger partial charge on any atom is -0.308 e. The molecule has 0 aliphatic carbocycles. The van der Waals surface area contributed by atoms with Crippen LogP contribution in [0, 0.1) is 0 Å². The zero-order valence-corrected chi connectivity index (χ0v) is 35.0. The van der Waals surface area contributed by atoms with E-state index in [0.717, 1.165) is 42.7 Å². The van der Waals surface area contributed by atoms with Gasteiger partial charge in [0.15, 0.2) is 0 Å². The van der Waals surface area contributed by atoms with E-state index in [-0.39, 0.29) is 10.8 Å². The van der Waals surface area contributed by atoms with Crippen LogP contribution in [0.5, 0.6) is 0 Å². The second-order valence-corrected chi connectivity index (χ2v) is 19.0. The topological polar surface area (TPSA) is 9.86 Å². The van der Waals surface area contributed by atoms with Crippen LogP contribution in [-0.4, -0.2) is 9.13 Å². The van der Waals surface area contributed by atoms with E-state index in [9.17, 15) is 0 Å². The maximum absolute atomic E-state index is 4.02. The molecule has 0 amide bonds. The van der Waals surface area contributed by atoms with Gasteiger partial charge in [0, 0.05) is 52.3 Å². The number of halogens is 2. The molecule has 0 aliphatic heterocycles. The van der Waals surface area contributed by atoms with E-state index in [4.69, 9.17) is 0 Å². The minimum absolute atomic E-state index is 0.0513. The molecular formula is C46H40Br2N2S2. The lowest BCUT2D eigenvalue weighted by molar-refractivity contribution is 0.590. The zero-order valence-electron chi connectivity index (χ0n) is 30.2. The molecule has 0 unspecified atom stereocenters. The number of benzene rings is 4. The Hall–Kier alpha value is -3.94. The molecule has 2 nitrogen and oxygen atoms in total. The molecule has 0 saturated carbocycles. The van der Waals surface area contributed by atoms with E-state index >= 15 is 0 Å². The summed E-state index contributed by atoms with van der Waals surface area (Å²) in [6.07, 6.45) is 0. The lowest BCUT2D eigenvalue weighted by atomic mass is 9.87. The Balaban J connectivity index is 1.49. The highest BCUT2D eigenvalue weighted by Gasteiger charge is 2.26. The fourth-order valence-corrected chi connectivity index (χ4v) is 9.80. The minimum atomic E-state index is 0.0513. The largest absolute Gasteiger partial charge is 0.308 e. The molecule has 0 N–H and O–H groups in total. The van der Waals surface area contributed by atoms with Crippen molar-refractivity contribution in [1.82, 2.24) is 9.13 Å². The third-order valence-corrected chi connectivity index (χ3v) is 13.0. The third kappa shape index (κ3) is 6.28. The van der Waals surface area contributed by atoms with E-state index in [1.807, 2.05) is 0 Å². The summed E-state index contributed by atoms with van der Waals surface area (Å²) in [6, 6.07) is 44.9. The summed E-state index contributed by atoms with van der Waals surface area (Å²) >= 11 is 11.6. The first kappa shape index (κ1) is 35.1. The average molecular weight is 845 g/mol. The predicted molar refractivity (Wildman–Crippen MR) is 233 cm³/mol. The Labute approximate surface area is 331 Å². The molecule has 0 saturated heterocycles. The maximum atomic E-state index is 4.02. The molecule has 8 rings (SSSR count). The van der Waals surface area contributed by atoms with Crippen molar-refractivity contribution in [2.75, 3.05) is 0 Å². The molecule has 8 aromatic rings.